The Morgan fingerprint density at radius 2 is 2.19 bits per heavy atom. The second kappa shape index (κ2) is 6.06. The first-order chi connectivity index (χ1) is 10.2. The number of carbonyl (C=O) groups excluding carboxylic acids is 1. The Morgan fingerprint density at radius 1 is 1.43 bits per heavy atom. The number of rotatable bonds is 7. The molecule has 6 nitrogen and oxygen atoms in total. The molecule has 3 rings (SSSR count). The molecular weight excluding hydrogens is 286 g/mol. The number of nitrogens with zero attached hydrogens (tertiary/aromatic N) is 5. The van der Waals surface area contributed by atoms with Gasteiger partial charge in [0, 0.05) is 25.6 Å². The third-order valence-corrected chi connectivity index (χ3v) is 4.78. The van der Waals surface area contributed by atoms with Crippen molar-refractivity contribution >= 4 is 17.7 Å². The molecular formula is C14H19N5OS. The highest BCUT2D eigenvalue weighted by molar-refractivity contribution is 7.99. The van der Waals surface area contributed by atoms with Gasteiger partial charge in [-0.15, -0.1) is 10.2 Å². The molecule has 0 unspecified atom stereocenters. The molecule has 0 atom stereocenters. The second-order valence-electron chi connectivity index (χ2n) is 5.73. The zero-order valence-corrected chi connectivity index (χ0v) is 13.0. The molecule has 2 aliphatic carbocycles. The van der Waals surface area contributed by atoms with Crippen molar-refractivity contribution in [1.29, 1.82) is 5.26 Å². The molecule has 2 fully saturated rings. The first kappa shape index (κ1) is 14.4. The minimum Gasteiger partial charge on any atom is -0.344 e. The topological polar surface area (TPSA) is 74.8 Å². The predicted molar refractivity (Wildman–Crippen MR) is 78.9 cm³/mol. The normalized spacial score (nSPS) is 17.5. The van der Waals surface area contributed by atoms with E-state index in [1.165, 1.54) is 37.4 Å². The summed E-state index contributed by atoms with van der Waals surface area (Å²) < 4.78 is 2.25. The summed E-state index contributed by atoms with van der Waals surface area (Å²) in [5.74, 6) is 2.09. The summed E-state index contributed by atoms with van der Waals surface area (Å²) in [7, 11) is 1.74. The molecule has 1 heterocycles. The van der Waals surface area contributed by atoms with E-state index in [1.807, 2.05) is 0 Å². The number of aromatic nitrogens is 3. The Kier molecular flexibility index (Phi) is 4.15. The van der Waals surface area contributed by atoms with Crippen molar-refractivity contribution < 1.29 is 4.79 Å². The summed E-state index contributed by atoms with van der Waals surface area (Å²) >= 11 is 1.47. The highest BCUT2D eigenvalue weighted by Gasteiger charge is 2.36. The van der Waals surface area contributed by atoms with E-state index in [0.29, 0.717) is 30.7 Å². The smallest absolute Gasteiger partial charge is 0.232 e. The maximum Gasteiger partial charge on any atom is 0.232 e. The molecule has 21 heavy (non-hydrogen) atoms. The second-order valence-corrected chi connectivity index (χ2v) is 6.67. The molecule has 0 radical (unpaired) electrons. The van der Waals surface area contributed by atoms with Crippen LogP contribution >= 0.6 is 11.8 Å². The summed E-state index contributed by atoms with van der Waals surface area (Å²) in [6, 6.07) is 2.60. The van der Waals surface area contributed by atoms with Gasteiger partial charge in [0.05, 0.1) is 18.2 Å². The van der Waals surface area contributed by atoms with Crippen LogP contribution in [0.15, 0.2) is 5.16 Å². The number of hydrogen-bond acceptors (Lipinski definition) is 5. The van der Waals surface area contributed by atoms with E-state index >= 15 is 0 Å². The lowest BCUT2D eigenvalue weighted by molar-refractivity contribution is -0.127. The Balaban J connectivity index is 1.60. The molecule has 0 aliphatic heterocycles. The minimum absolute atomic E-state index is 0.0357. The van der Waals surface area contributed by atoms with Crippen LogP contribution in [-0.4, -0.2) is 44.9 Å². The lowest BCUT2D eigenvalue weighted by Crippen LogP contribution is -2.29. The largest absolute Gasteiger partial charge is 0.344 e. The van der Waals surface area contributed by atoms with Crippen molar-refractivity contribution in [3.63, 3.8) is 0 Å². The number of nitriles is 1. The predicted octanol–water partition coefficient (Wildman–Crippen LogP) is 1.95. The third kappa shape index (κ3) is 3.38. The van der Waals surface area contributed by atoms with Gasteiger partial charge in [-0.25, -0.2) is 0 Å². The van der Waals surface area contributed by atoms with Gasteiger partial charge in [-0.05, 0) is 25.7 Å². The standard InChI is InChI=1S/C14H19N5OS/c1-18(8-2-7-15)12(20)9-21-14-17-16-13(10-3-4-10)19(14)11-5-6-11/h10-11H,2-6,8-9H2,1H3. The Morgan fingerprint density at radius 3 is 2.81 bits per heavy atom. The summed E-state index contributed by atoms with van der Waals surface area (Å²) in [5, 5.41) is 18.1. The molecule has 0 saturated heterocycles. The molecule has 0 N–H and O–H groups in total. The Labute approximate surface area is 128 Å². The van der Waals surface area contributed by atoms with Gasteiger partial charge in [0.25, 0.3) is 0 Å². The van der Waals surface area contributed by atoms with Gasteiger partial charge >= 0.3 is 0 Å². The number of carbonyl (C=O) groups is 1. The van der Waals surface area contributed by atoms with Crippen molar-refractivity contribution in [2.24, 2.45) is 0 Å². The van der Waals surface area contributed by atoms with Crippen molar-refractivity contribution in [2.75, 3.05) is 19.3 Å². The van der Waals surface area contributed by atoms with E-state index in [4.69, 9.17) is 5.26 Å². The van der Waals surface area contributed by atoms with Gasteiger partial charge in [0.15, 0.2) is 5.16 Å². The van der Waals surface area contributed by atoms with E-state index in [1.54, 1.807) is 11.9 Å². The maximum absolute atomic E-state index is 12.0. The van der Waals surface area contributed by atoms with Crippen molar-refractivity contribution in [3.05, 3.63) is 5.82 Å². The van der Waals surface area contributed by atoms with Crippen LogP contribution in [-0.2, 0) is 4.79 Å². The molecule has 112 valence electrons. The summed E-state index contributed by atoms with van der Waals surface area (Å²) in [4.78, 5) is 13.6. The molecule has 0 bridgehead atoms. The van der Waals surface area contributed by atoms with Crippen LogP contribution in [0.3, 0.4) is 0 Å². The van der Waals surface area contributed by atoms with Gasteiger partial charge in [0.2, 0.25) is 5.91 Å². The van der Waals surface area contributed by atoms with Crippen LogP contribution in [0.2, 0.25) is 0 Å². The Hall–Kier alpha value is -1.55. The summed E-state index contributed by atoms with van der Waals surface area (Å²) in [6.07, 6.45) is 5.19. The van der Waals surface area contributed by atoms with Crippen LogP contribution in [0.5, 0.6) is 0 Å². The number of thioether (sulfide) groups is 1. The molecule has 0 aromatic carbocycles. The van der Waals surface area contributed by atoms with E-state index in [0.717, 1.165) is 11.0 Å². The van der Waals surface area contributed by atoms with E-state index < -0.39 is 0 Å². The molecule has 1 amide bonds. The third-order valence-electron chi connectivity index (χ3n) is 3.85. The molecule has 2 aliphatic rings. The van der Waals surface area contributed by atoms with E-state index in [2.05, 4.69) is 20.8 Å². The van der Waals surface area contributed by atoms with Crippen LogP contribution in [0.1, 0.15) is 49.9 Å². The number of amides is 1. The fourth-order valence-corrected chi connectivity index (χ4v) is 3.21. The summed E-state index contributed by atoms with van der Waals surface area (Å²) in [5.41, 5.74) is 0. The van der Waals surface area contributed by atoms with Crippen LogP contribution < -0.4 is 0 Å². The minimum atomic E-state index is 0.0357. The zero-order chi connectivity index (χ0) is 14.8. The van der Waals surface area contributed by atoms with Gasteiger partial charge < -0.3 is 9.47 Å². The molecule has 7 heteroatoms. The summed E-state index contributed by atoms with van der Waals surface area (Å²) in [6.45, 7) is 0.485. The zero-order valence-electron chi connectivity index (χ0n) is 12.2. The molecule has 0 spiro atoms. The Bertz CT molecular complexity index is 570. The fraction of sp³-hybridized carbons (Fsp3) is 0.714. The molecule has 1 aromatic rings. The fourth-order valence-electron chi connectivity index (χ4n) is 2.26. The van der Waals surface area contributed by atoms with Crippen molar-refractivity contribution in [2.45, 2.75) is 49.2 Å². The van der Waals surface area contributed by atoms with E-state index in [-0.39, 0.29) is 5.91 Å². The van der Waals surface area contributed by atoms with Crippen LogP contribution in [0.25, 0.3) is 0 Å². The monoisotopic (exact) mass is 305 g/mol. The van der Waals surface area contributed by atoms with E-state index in [9.17, 15) is 4.79 Å². The van der Waals surface area contributed by atoms with Gasteiger partial charge in [-0.3, -0.25) is 4.79 Å². The van der Waals surface area contributed by atoms with Crippen molar-refractivity contribution in [1.82, 2.24) is 19.7 Å². The highest BCUT2D eigenvalue weighted by atomic mass is 32.2. The average Bonchev–Trinajstić information content (AvgIpc) is 3.40. The van der Waals surface area contributed by atoms with Crippen molar-refractivity contribution in [3.8, 4) is 6.07 Å². The van der Waals surface area contributed by atoms with Gasteiger partial charge in [-0.1, -0.05) is 11.8 Å². The highest BCUT2D eigenvalue weighted by Crippen LogP contribution is 2.45. The van der Waals surface area contributed by atoms with Crippen LogP contribution in [0, 0.1) is 11.3 Å². The lowest BCUT2D eigenvalue weighted by atomic mass is 10.4. The first-order valence-corrected chi connectivity index (χ1v) is 8.37. The molecule has 2 saturated carbocycles. The molecule has 1 aromatic heterocycles. The van der Waals surface area contributed by atoms with Crippen LogP contribution in [0.4, 0.5) is 0 Å². The number of hydrogen-bond donors (Lipinski definition) is 0. The van der Waals surface area contributed by atoms with Gasteiger partial charge in [-0.2, -0.15) is 5.26 Å². The quantitative estimate of drug-likeness (QED) is 0.720. The lowest BCUT2D eigenvalue weighted by Gasteiger charge is -2.15. The SMILES string of the molecule is CN(CCC#N)C(=O)CSc1nnc(C2CC2)n1C1CC1. The first-order valence-electron chi connectivity index (χ1n) is 7.39. The van der Waals surface area contributed by atoms with Gasteiger partial charge in [0.1, 0.15) is 5.82 Å². The maximum atomic E-state index is 12.0. The average molecular weight is 305 g/mol.